The molecule has 1 aliphatic rings. The summed E-state index contributed by atoms with van der Waals surface area (Å²) in [6.07, 6.45) is 1.13. The number of nitrogens with one attached hydrogen (secondary N) is 2. The molecule has 0 saturated carbocycles. The van der Waals surface area contributed by atoms with Crippen LogP contribution < -0.4 is 10.6 Å². The van der Waals surface area contributed by atoms with Crippen molar-refractivity contribution in [3.63, 3.8) is 0 Å². The fraction of sp³-hybridized carbons (Fsp3) is 0.538. The SMILES string of the molecule is CNC.COCc1cccc2c1CCNC2. The second kappa shape index (κ2) is 7.39. The quantitative estimate of drug-likeness (QED) is 0.791. The van der Waals surface area contributed by atoms with Gasteiger partial charge in [-0.3, -0.25) is 0 Å². The number of ether oxygens (including phenoxy) is 1. The van der Waals surface area contributed by atoms with Crippen LogP contribution in [0.3, 0.4) is 0 Å². The highest BCUT2D eigenvalue weighted by Crippen LogP contribution is 2.18. The molecule has 0 saturated heterocycles. The van der Waals surface area contributed by atoms with Crippen LogP contribution in [0.2, 0.25) is 0 Å². The van der Waals surface area contributed by atoms with E-state index in [4.69, 9.17) is 4.74 Å². The van der Waals surface area contributed by atoms with Gasteiger partial charge < -0.3 is 15.4 Å². The van der Waals surface area contributed by atoms with E-state index in [2.05, 4.69) is 28.8 Å². The number of hydrogen-bond acceptors (Lipinski definition) is 3. The Bertz CT molecular complexity index is 313. The monoisotopic (exact) mass is 222 g/mol. The lowest BCUT2D eigenvalue weighted by Gasteiger charge is -2.19. The lowest BCUT2D eigenvalue weighted by molar-refractivity contribution is 0.184. The van der Waals surface area contributed by atoms with Crippen LogP contribution >= 0.6 is 0 Å². The molecule has 90 valence electrons. The van der Waals surface area contributed by atoms with Crippen molar-refractivity contribution in [3.8, 4) is 0 Å². The van der Waals surface area contributed by atoms with Crippen LogP contribution in [0, 0.1) is 0 Å². The zero-order chi connectivity index (χ0) is 11.8. The normalized spacial score (nSPS) is 13.7. The van der Waals surface area contributed by atoms with Crippen molar-refractivity contribution in [3.05, 3.63) is 34.9 Å². The molecule has 0 aromatic heterocycles. The first-order chi connectivity index (χ1) is 7.83. The summed E-state index contributed by atoms with van der Waals surface area (Å²) in [5.41, 5.74) is 4.27. The van der Waals surface area contributed by atoms with E-state index in [1.54, 1.807) is 7.11 Å². The van der Waals surface area contributed by atoms with E-state index >= 15 is 0 Å². The van der Waals surface area contributed by atoms with Crippen LogP contribution in [0.4, 0.5) is 0 Å². The molecule has 0 unspecified atom stereocenters. The van der Waals surface area contributed by atoms with Crippen molar-refractivity contribution in [1.29, 1.82) is 0 Å². The maximum absolute atomic E-state index is 5.17. The van der Waals surface area contributed by atoms with Crippen LogP contribution in [0.15, 0.2) is 18.2 Å². The van der Waals surface area contributed by atoms with E-state index in [0.29, 0.717) is 0 Å². The molecule has 16 heavy (non-hydrogen) atoms. The van der Waals surface area contributed by atoms with E-state index in [9.17, 15) is 0 Å². The first-order valence-corrected chi connectivity index (χ1v) is 5.71. The third-order valence-corrected chi connectivity index (χ3v) is 2.54. The summed E-state index contributed by atoms with van der Waals surface area (Å²) in [6.45, 7) is 2.84. The highest BCUT2D eigenvalue weighted by Gasteiger charge is 2.11. The molecule has 0 radical (unpaired) electrons. The molecular formula is C13H22N2O. The number of hydrogen-bond donors (Lipinski definition) is 2. The molecule has 0 aliphatic carbocycles. The van der Waals surface area contributed by atoms with Crippen LogP contribution in [0.1, 0.15) is 16.7 Å². The van der Waals surface area contributed by atoms with Gasteiger partial charge in [0.2, 0.25) is 0 Å². The predicted octanol–water partition coefficient (Wildman–Crippen LogP) is 1.31. The molecule has 0 spiro atoms. The van der Waals surface area contributed by atoms with Gasteiger partial charge in [0.1, 0.15) is 0 Å². The summed E-state index contributed by atoms with van der Waals surface area (Å²) >= 11 is 0. The minimum atomic E-state index is 0.739. The predicted molar refractivity (Wildman–Crippen MR) is 67.5 cm³/mol. The molecule has 0 bridgehead atoms. The standard InChI is InChI=1S/C11H15NO.C2H7N/c1-13-8-10-4-2-3-9-7-12-6-5-11(9)10;1-3-2/h2-4,12H,5-8H2,1H3;3H,1-2H3. The molecule has 0 atom stereocenters. The molecule has 1 heterocycles. The third kappa shape index (κ3) is 3.59. The lowest BCUT2D eigenvalue weighted by atomic mass is 9.96. The molecule has 2 rings (SSSR count). The molecular weight excluding hydrogens is 200 g/mol. The second-order valence-corrected chi connectivity index (χ2v) is 3.91. The highest BCUT2D eigenvalue weighted by molar-refractivity contribution is 5.36. The van der Waals surface area contributed by atoms with Gasteiger partial charge in [0.05, 0.1) is 6.61 Å². The summed E-state index contributed by atoms with van der Waals surface area (Å²) in [4.78, 5) is 0. The Morgan fingerprint density at radius 2 is 2.12 bits per heavy atom. The molecule has 0 amide bonds. The van der Waals surface area contributed by atoms with Crippen LogP contribution in [-0.2, 0) is 24.3 Å². The topological polar surface area (TPSA) is 33.3 Å². The second-order valence-electron chi connectivity index (χ2n) is 3.91. The summed E-state index contributed by atoms with van der Waals surface area (Å²) in [6, 6.07) is 6.47. The van der Waals surface area contributed by atoms with Crippen molar-refractivity contribution in [1.82, 2.24) is 10.6 Å². The minimum absolute atomic E-state index is 0.739. The van der Waals surface area contributed by atoms with Crippen molar-refractivity contribution in [2.45, 2.75) is 19.6 Å². The Labute approximate surface area is 98.2 Å². The Morgan fingerprint density at radius 1 is 1.38 bits per heavy atom. The van der Waals surface area contributed by atoms with E-state index in [0.717, 1.165) is 26.1 Å². The molecule has 3 nitrogen and oxygen atoms in total. The Kier molecular flexibility index (Phi) is 6.08. The average Bonchev–Trinajstić information content (AvgIpc) is 2.31. The first-order valence-electron chi connectivity index (χ1n) is 5.71. The van der Waals surface area contributed by atoms with Gasteiger partial charge in [-0.05, 0) is 43.8 Å². The Morgan fingerprint density at radius 3 is 2.81 bits per heavy atom. The van der Waals surface area contributed by atoms with Crippen molar-refractivity contribution in [2.75, 3.05) is 27.7 Å². The Balaban J connectivity index is 0.000000386. The fourth-order valence-corrected chi connectivity index (χ4v) is 1.90. The summed E-state index contributed by atoms with van der Waals surface area (Å²) in [7, 11) is 5.50. The number of fused-ring (bicyclic) bond motifs is 1. The molecule has 0 fully saturated rings. The van der Waals surface area contributed by atoms with E-state index in [1.165, 1.54) is 16.7 Å². The summed E-state index contributed by atoms with van der Waals surface area (Å²) in [5.74, 6) is 0. The van der Waals surface area contributed by atoms with Crippen LogP contribution in [-0.4, -0.2) is 27.7 Å². The average molecular weight is 222 g/mol. The van der Waals surface area contributed by atoms with Gasteiger partial charge >= 0.3 is 0 Å². The number of rotatable bonds is 2. The Hall–Kier alpha value is -0.900. The van der Waals surface area contributed by atoms with Gasteiger partial charge in [-0.1, -0.05) is 18.2 Å². The minimum Gasteiger partial charge on any atom is -0.380 e. The van der Waals surface area contributed by atoms with Gasteiger partial charge in [0, 0.05) is 13.7 Å². The van der Waals surface area contributed by atoms with E-state index in [1.807, 2.05) is 14.1 Å². The van der Waals surface area contributed by atoms with Crippen molar-refractivity contribution < 1.29 is 4.74 Å². The van der Waals surface area contributed by atoms with Crippen LogP contribution in [0.5, 0.6) is 0 Å². The maximum Gasteiger partial charge on any atom is 0.0715 e. The van der Waals surface area contributed by atoms with Crippen molar-refractivity contribution in [2.24, 2.45) is 0 Å². The molecule has 2 N–H and O–H groups in total. The summed E-state index contributed by atoms with van der Waals surface area (Å²) in [5, 5.41) is 6.12. The summed E-state index contributed by atoms with van der Waals surface area (Å²) < 4.78 is 5.17. The highest BCUT2D eigenvalue weighted by atomic mass is 16.5. The lowest BCUT2D eigenvalue weighted by Crippen LogP contribution is -2.24. The third-order valence-electron chi connectivity index (χ3n) is 2.54. The van der Waals surface area contributed by atoms with Crippen LogP contribution in [0.25, 0.3) is 0 Å². The zero-order valence-electron chi connectivity index (χ0n) is 10.5. The zero-order valence-corrected chi connectivity index (χ0v) is 10.5. The van der Waals surface area contributed by atoms with Gasteiger partial charge in [0.25, 0.3) is 0 Å². The van der Waals surface area contributed by atoms with E-state index in [-0.39, 0.29) is 0 Å². The smallest absolute Gasteiger partial charge is 0.0715 e. The van der Waals surface area contributed by atoms with Crippen molar-refractivity contribution >= 4 is 0 Å². The number of methoxy groups -OCH3 is 1. The van der Waals surface area contributed by atoms with Gasteiger partial charge in [-0.2, -0.15) is 0 Å². The maximum atomic E-state index is 5.17. The first kappa shape index (κ1) is 13.2. The number of benzene rings is 1. The largest absolute Gasteiger partial charge is 0.380 e. The molecule has 1 aliphatic heterocycles. The molecule has 3 heteroatoms. The molecule has 1 aromatic carbocycles. The van der Waals surface area contributed by atoms with Gasteiger partial charge in [0.15, 0.2) is 0 Å². The fourth-order valence-electron chi connectivity index (χ4n) is 1.90. The van der Waals surface area contributed by atoms with E-state index < -0.39 is 0 Å². The molecule has 1 aromatic rings. The van der Waals surface area contributed by atoms with Gasteiger partial charge in [-0.25, -0.2) is 0 Å². The van der Waals surface area contributed by atoms with Gasteiger partial charge in [-0.15, -0.1) is 0 Å².